The number of rotatable bonds is 8. The first-order valence-corrected chi connectivity index (χ1v) is 12.8. The van der Waals surface area contributed by atoms with E-state index < -0.39 is 32.3 Å². The van der Waals surface area contributed by atoms with Gasteiger partial charge in [-0.05, 0) is 38.0 Å². The number of hydrogen-bond donors (Lipinski definition) is 1. The molecule has 2 unspecified atom stereocenters. The van der Waals surface area contributed by atoms with E-state index in [0.29, 0.717) is 6.42 Å². The maximum Gasteiger partial charge on any atom is 0.286 e. The van der Waals surface area contributed by atoms with Crippen molar-refractivity contribution >= 4 is 44.3 Å². The van der Waals surface area contributed by atoms with Crippen LogP contribution in [-0.4, -0.2) is 66.3 Å². The van der Waals surface area contributed by atoms with E-state index >= 15 is 0 Å². The van der Waals surface area contributed by atoms with Crippen LogP contribution in [0.25, 0.3) is 0 Å². The molecule has 1 aromatic carbocycles. The van der Waals surface area contributed by atoms with Crippen molar-refractivity contribution < 1.29 is 22.8 Å². The Morgan fingerprint density at radius 1 is 1.17 bits per heavy atom. The van der Waals surface area contributed by atoms with Gasteiger partial charge in [-0.2, -0.15) is 0 Å². The van der Waals surface area contributed by atoms with Gasteiger partial charge in [0.15, 0.2) is 9.84 Å². The first kappa shape index (κ1) is 22.6. The van der Waals surface area contributed by atoms with Gasteiger partial charge in [0.25, 0.3) is 5.24 Å². The van der Waals surface area contributed by atoms with Gasteiger partial charge in [-0.3, -0.25) is 19.7 Å². The molecule has 0 spiro atoms. The Hall–Kier alpha value is -2.07. The second-order valence-corrected chi connectivity index (χ2v) is 10.9. The van der Waals surface area contributed by atoms with E-state index in [0.717, 1.165) is 36.1 Å². The van der Waals surface area contributed by atoms with Crippen molar-refractivity contribution in [3.05, 3.63) is 29.8 Å². The second kappa shape index (κ2) is 9.38. The van der Waals surface area contributed by atoms with E-state index in [1.165, 1.54) is 0 Å². The SMILES string of the molecule is CCN(CC)c1ccc(CN(C(=O)CC2SC(=O)NC2=O)C2CCS(=O)(=O)C2)cc1. The molecule has 2 aliphatic rings. The van der Waals surface area contributed by atoms with Crippen LogP contribution in [0.5, 0.6) is 0 Å². The molecule has 8 nitrogen and oxygen atoms in total. The highest BCUT2D eigenvalue weighted by atomic mass is 32.2. The van der Waals surface area contributed by atoms with Gasteiger partial charge in [0, 0.05) is 37.8 Å². The van der Waals surface area contributed by atoms with Crippen molar-refractivity contribution in [1.82, 2.24) is 10.2 Å². The molecule has 2 fully saturated rings. The molecular formula is C20H27N3O5S2. The molecule has 10 heteroatoms. The highest BCUT2D eigenvalue weighted by molar-refractivity contribution is 8.15. The average molecular weight is 454 g/mol. The van der Waals surface area contributed by atoms with Crippen LogP contribution in [0.2, 0.25) is 0 Å². The van der Waals surface area contributed by atoms with Crippen LogP contribution in [0.4, 0.5) is 10.5 Å². The summed E-state index contributed by atoms with van der Waals surface area (Å²) in [5.74, 6) is -0.799. The maximum absolute atomic E-state index is 13.0. The predicted octanol–water partition coefficient (Wildman–Crippen LogP) is 1.79. The topological polar surface area (TPSA) is 104 Å². The molecule has 1 aromatic rings. The summed E-state index contributed by atoms with van der Waals surface area (Å²) >= 11 is 0.807. The zero-order valence-corrected chi connectivity index (χ0v) is 18.8. The van der Waals surface area contributed by atoms with E-state index in [1.54, 1.807) is 4.90 Å². The van der Waals surface area contributed by atoms with Gasteiger partial charge in [0.2, 0.25) is 11.8 Å². The van der Waals surface area contributed by atoms with Gasteiger partial charge < -0.3 is 9.80 Å². The Labute approximate surface area is 181 Å². The zero-order valence-electron chi connectivity index (χ0n) is 17.2. The quantitative estimate of drug-likeness (QED) is 0.640. The predicted molar refractivity (Wildman–Crippen MR) is 117 cm³/mol. The van der Waals surface area contributed by atoms with Crippen LogP contribution in [0, 0.1) is 0 Å². The summed E-state index contributed by atoms with van der Waals surface area (Å²) in [4.78, 5) is 40.1. The fourth-order valence-corrected chi connectivity index (χ4v) is 6.38. The van der Waals surface area contributed by atoms with Crippen LogP contribution in [0.3, 0.4) is 0 Å². The minimum atomic E-state index is -3.18. The van der Waals surface area contributed by atoms with Crippen molar-refractivity contribution in [2.45, 2.75) is 44.5 Å². The first-order valence-electron chi connectivity index (χ1n) is 10.1. The number of nitrogens with zero attached hydrogens (tertiary/aromatic N) is 2. The molecule has 1 N–H and O–H groups in total. The smallest absolute Gasteiger partial charge is 0.286 e. The van der Waals surface area contributed by atoms with Gasteiger partial charge in [-0.1, -0.05) is 23.9 Å². The number of carbonyl (C=O) groups excluding carboxylic acids is 3. The Kier molecular flexibility index (Phi) is 7.07. The number of imide groups is 1. The number of benzene rings is 1. The van der Waals surface area contributed by atoms with Crippen LogP contribution >= 0.6 is 11.8 Å². The summed E-state index contributed by atoms with van der Waals surface area (Å²) < 4.78 is 24.0. The highest BCUT2D eigenvalue weighted by Crippen LogP contribution is 2.26. The van der Waals surface area contributed by atoms with Crippen LogP contribution in [0.1, 0.15) is 32.3 Å². The molecule has 0 aliphatic carbocycles. The molecule has 3 rings (SSSR count). The summed E-state index contributed by atoms with van der Waals surface area (Å²) in [6.07, 6.45) is 0.255. The van der Waals surface area contributed by atoms with Crippen molar-refractivity contribution in [3.8, 4) is 0 Å². The summed E-state index contributed by atoms with van der Waals surface area (Å²) in [6.45, 7) is 6.21. The molecule has 0 saturated carbocycles. The van der Waals surface area contributed by atoms with Gasteiger partial charge in [0.05, 0.1) is 11.5 Å². The van der Waals surface area contributed by atoms with Crippen LogP contribution in [0.15, 0.2) is 24.3 Å². The molecule has 2 atom stereocenters. The molecule has 0 bridgehead atoms. The molecule has 164 valence electrons. The van der Waals surface area contributed by atoms with E-state index in [4.69, 9.17) is 0 Å². The lowest BCUT2D eigenvalue weighted by Crippen LogP contribution is -2.42. The van der Waals surface area contributed by atoms with Crippen LogP contribution < -0.4 is 10.2 Å². The number of hydrogen-bond acceptors (Lipinski definition) is 7. The van der Waals surface area contributed by atoms with Crippen LogP contribution in [-0.2, 0) is 26.0 Å². The number of sulfone groups is 1. The zero-order chi connectivity index (χ0) is 21.9. The van der Waals surface area contributed by atoms with Crippen molar-refractivity contribution in [1.29, 1.82) is 0 Å². The van der Waals surface area contributed by atoms with Gasteiger partial charge in [-0.25, -0.2) is 8.42 Å². The van der Waals surface area contributed by atoms with Crippen molar-refractivity contribution in [3.63, 3.8) is 0 Å². The van der Waals surface area contributed by atoms with E-state index in [9.17, 15) is 22.8 Å². The maximum atomic E-state index is 13.0. The van der Waals surface area contributed by atoms with E-state index in [1.807, 2.05) is 24.3 Å². The molecule has 2 aliphatic heterocycles. The number of thioether (sulfide) groups is 1. The van der Waals surface area contributed by atoms with Gasteiger partial charge in [0.1, 0.15) is 5.25 Å². The lowest BCUT2D eigenvalue weighted by Gasteiger charge is -2.29. The molecule has 2 saturated heterocycles. The largest absolute Gasteiger partial charge is 0.372 e. The Morgan fingerprint density at radius 3 is 2.33 bits per heavy atom. The third kappa shape index (κ3) is 5.34. The lowest BCUT2D eigenvalue weighted by molar-refractivity contribution is -0.135. The molecule has 0 radical (unpaired) electrons. The molecule has 3 amide bonds. The van der Waals surface area contributed by atoms with Gasteiger partial charge >= 0.3 is 0 Å². The number of carbonyl (C=O) groups is 3. The minimum absolute atomic E-state index is 0.0551. The molecule has 30 heavy (non-hydrogen) atoms. The average Bonchev–Trinajstić information content (AvgIpc) is 3.22. The number of anilines is 1. The molecule has 2 heterocycles. The fraction of sp³-hybridized carbons (Fsp3) is 0.550. The normalized spacial score (nSPS) is 22.7. The second-order valence-electron chi connectivity index (χ2n) is 7.50. The van der Waals surface area contributed by atoms with E-state index in [-0.39, 0.29) is 30.4 Å². The first-order chi connectivity index (χ1) is 14.2. The monoisotopic (exact) mass is 453 g/mol. The Balaban J connectivity index is 1.77. The van der Waals surface area contributed by atoms with Crippen molar-refractivity contribution in [2.24, 2.45) is 0 Å². The lowest BCUT2D eigenvalue weighted by atomic mass is 10.1. The Morgan fingerprint density at radius 2 is 1.83 bits per heavy atom. The molecular weight excluding hydrogens is 426 g/mol. The van der Waals surface area contributed by atoms with E-state index in [2.05, 4.69) is 24.1 Å². The standard InChI is InChI=1S/C20H27N3O5S2/c1-3-22(4-2)15-7-5-14(6-8-15)12-23(16-9-10-30(27,28)13-16)18(24)11-17-19(25)21-20(26)29-17/h5-8,16-17H,3-4,9-13H2,1-2H3,(H,21,25,26). The third-order valence-corrected chi connectivity index (χ3v) is 8.25. The fourth-order valence-electron chi connectivity index (χ4n) is 3.84. The highest BCUT2D eigenvalue weighted by Gasteiger charge is 2.38. The summed E-state index contributed by atoms with van der Waals surface area (Å²) in [7, 11) is -3.18. The van der Waals surface area contributed by atoms with Gasteiger partial charge in [-0.15, -0.1) is 0 Å². The van der Waals surface area contributed by atoms with Crippen molar-refractivity contribution in [2.75, 3.05) is 29.5 Å². The number of amides is 3. The number of nitrogens with one attached hydrogen (secondary N) is 1. The minimum Gasteiger partial charge on any atom is -0.372 e. The summed E-state index contributed by atoms with van der Waals surface area (Å²) in [5, 5.41) is 0.959. The summed E-state index contributed by atoms with van der Waals surface area (Å²) in [6, 6.07) is 7.45. The Bertz CT molecular complexity index is 913. The third-order valence-electron chi connectivity index (χ3n) is 5.51. The molecule has 0 aromatic heterocycles. The summed E-state index contributed by atoms with van der Waals surface area (Å²) in [5.41, 5.74) is 1.98.